The first-order chi connectivity index (χ1) is 38.6. The van der Waals surface area contributed by atoms with Crippen molar-refractivity contribution in [1.82, 2.24) is 0 Å². The molecule has 0 bridgehead atoms. The lowest BCUT2D eigenvalue weighted by molar-refractivity contribution is -0.161. The maximum Gasteiger partial charge on any atom is 0.306 e. The average Bonchev–Trinajstić information content (AvgIpc) is 3.44. The molecule has 0 aromatic carbocycles. The van der Waals surface area contributed by atoms with Crippen LogP contribution in [0.4, 0.5) is 0 Å². The van der Waals surface area contributed by atoms with Crippen LogP contribution in [0.1, 0.15) is 296 Å². The summed E-state index contributed by atoms with van der Waals surface area (Å²) in [5.74, 6) is -0.593. The molecule has 0 aliphatic heterocycles. The molecule has 0 rings (SSSR count). The Morgan fingerprint density at radius 3 is 0.833 bits per heavy atom. The van der Waals surface area contributed by atoms with Gasteiger partial charge in [-0.25, -0.2) is 0 Å². The van der Waals surface area contributed by atoms with Crippen LogP contribution in [0.5, 0.6) is 0 Å². The Balaban J connectivity index is 3.54. The number of carbonyl (C=O) groups is 2. The predicted molar refractivity (Wildman–Crippen MR) is 343 cm³/mol. The predicted octanol–water partition coefficient (Wildman–Crippen LogP) is 22.8. The van der Waals surface area contributed by atoms with Crippen molar-refractivity contribution >= 4 is 11.9 Å². The summed E-state index contributed by atoms with van der Waals surface area (Å²) in [6.07, 6.45) is 100. The summed E-state index contributed by atoms with van der Waals surface area (Å²) < 4.78 is 10.7. The summed E-state index contributed by atoms with van der Waals surface area (Å²) in [6, 6.07) is 0. The molecule has 1 N–H and O–H groups in total. The summed E-state index contributed by atoms with van der Waals surface area (Å²) in [4.78, 5) is 24.6. The second-order valence-electron chi connectivity index (χ2n) is 21.5. The van der Waals surface area contributed by atoms with E-state index in [1.165, 1.54) is 167 Å². The number of esters is 2. The fourth-order valence-corrected chi connectivity index (χ4v) is 9.05. The Morgan fingerprint density at radius 1 is 0.308 bits per heavy atom. The zero-order valence-electron chi connectivity index (χ0n) is 50.9. The third-order valence-corrected chi connectivity index (χ3v) is 13.9. The number of ether oxygens (including phenoxy) is 2. The van der Waals surface area contributed by atoms with Crippen molar-refractivity contribution in [3.05, 3.63) is 134 Å². The van der Waals surface area contributed by atoms with E-state index >= 15 is 0 Å². The average molecular weight is 1080 g/mol. The molecule has 0 radical (unpaired) electrons. The molecule has 0 aliphatic rings. The number of aliphatic hydroxyl groups is 1. The lowest BCUT2D eigenvalue weighted by Gasteiger charge is -2.15. The number of rotatable bonds is 59. The molecule has 444 valence electrons. The van der Waals surface area contributed by atoms with Gasteiger partial charge in [0.2, 0.25) is 0 Å². The highest BCUT2D eigenvalue weighted by molar-refractivity contribution is 5.70. The van der Waals surface area contributed by atoms with Crippen molar-refractivity contribution in [2.24, 2.45) is 0 Å². The van der Waals surface area contributed by atoms with Crippen LogP contribution in [0.3, 0.4) is 0 Å². The molecule has 0 saturated carbocycles. The van der Waals surface area contributed by atoms with Gasteiger partial charge < -0.3 is 14.6 Å². The van der Waals surface area contributed by atoms with Crippen molar-refractivity contribution in [2.45, 2.75) is 302 Å². The Hall–Kier alpha value is -3.96. The first-order valence-electron chi connectivity index (χ1n) is 32.7. The van der Waals surface area contributed by atoms with Crippen molar-refractivity contribution in [1.29, 1.82) is 0 Å². The van der Waals surface area contributed by atoms with Crippen LogP contribution in [0.25, 0.3) is 0 Å². The Bertz CT molecular complexity index is 1600. The minimum absolute atomic E-state index is 0.0719. The van der Waals surface area contributed by atoms with Gasteiger partial charge in [-0.1, -0.05) is 302 Å². The summed E-state index contributed by atoms with van der Waals surface area (Å²) in [6.45, 7) is 4.03. The normalized spacial score (nSPS) is 13.1. The number of unbranched alkanes of at least 4 members (excludes halogenated alkanes) is 29. The van der Waals surface area contributed by atoms with Crippen LogP contribution in [0, 0.1) is 0 Å². The first-order valence-corrected chi connectivity index (χ1v) is 32.7. The van der Waals surface area contributed by atoms with Crippen molar-refractivity contribution in [2.75, 3.05) is 13.2 Å². The lowest BCUT2D eigenvalue weighted by atomic mass is 10.0. The monoisotopic (exact) mass is 1080 g/mol. The van der Waals surface area contributed by atoms with E-state index in [0.29, 0.717) is 12.8 Å². The number of hydrogen-bond acceptors (Lipinski definition) is 5. The molecule has 0 fully saturated rings. The van der Waals surface area contributed by atoms with Gasteiger partial charge in [0.05, 0.1) is 6.61 Å². The van der Waals surface area contributed by atoms with E-state index in [2.05, 4.69) is 148 Å². The molecule has 5 heteroatoms. The van der Waals surface area contributed by atoms with E-state index in [4.69, 9.17) is 9.47 Å². The smallest absolute Gasteiger partial charge is 0.306 e. The van der Waals surface area contributed by atoms with Crippen LogP contribution < -0.4 is 0 Å². The van der Waals surface area contributed by atoms with Gasteiger partial charge >= 0.3 is 11.9 Å². The van der Waals surface area contributed by atoms with E-state index < -0.39 is 6.10 Å². The second kappa shape index (κ2) is 67.3. The van der Waals surface area contributed by atoms with E-state index in [1.54, 1.807) is 0 Å². The fraction of sp³-hybridized carbons (Fsp3) is 0.671. The van der Waals surface area contributed by atoms with Crippen LogP contribution in [-0.4, -0.2) is 36.4 Å². The van der Waals surface area contributed by atoms with Gasteiger partial charge in [0.1, 0.15) is 6.61 Å². The molecule has 1 atom stereocenters. The van der Waals surface area contributed by atoms with Gasteiger partial charge in [-0.05, 0) is 116 Å². The number of hydrogen-bond donors (Lipinski definition) is 1. The molecule has 0 aromatic rings. The van der Waals surface area contributed by atoms with E-state index in [9.17, 15) is 14.7 Å². The molecular weight excluding hydrogens is 957 g/mol. The zero-order valence-corrected chi connectivity index (χ0v) is 50.9. The lowest BCUT2D eigenvalue weighted by Crippen LogP contribution is -2.28. The van der Waals surface area contributed by atoms with Gasteiger partial charge in [-0.2, -0.15) is 0 Å². The molecular formula is C73H122O5. The summed E-state index contributed by atoms with van der Waals surface area (Å²) >= 11 is 0. The first kappa shape index (κ1) is 74.0. The minimum Gasteiger partial charge on any atom is -0.462 e. The third kappa shape index (κ3) is 64.6. The van der Waals surface area contributed by atoms with Crippen LogP contribution in [-0.2, 0) is 19.1 Å². The quantitative estimate of drug-likeness (QED) is 0.0373. The number of carbonyl (C=O) groups excluding carboxylic acids is 2. The van der Waals surface area contributed by atoms with E-state index in [1.807, 2.05) is 0 Å². The Labute approximate surface area is 483 Å². The van der Waals surface area contributed by atoms with Gasteiger partial charge in [-0.3, -0.25) is 9.59 Å². The summed E-state index contributed by atoms with van der Waals surface area (Å²) in [7, 11) is 0. The van der Waals surface area contributed by atoms with Crippen LogP contribution >= 0.6 is 0 Å². The zero-order chi connectivity index (χ0) is 56.2. The Morgan fingerprint density at radius 2 is 0.551 bits per heavy atom. The molecule has 0 heterocycles. The molecule has 0 aromatic heterocycles. The molecule has 0 spiro atoms. The maximum absolute atomic E-state index is 12.4. The van der Waals surface area contributed by atoms with Crippen molar-refractivity contribution < 1.29 is 24.2 Å². The molecule has 5 nitrogen and oxygen atoms in total. The highest BCUT2D eigenvalue weighted by Gasteiger charge is 2.16. The molecule has 0 saturated heterocycles. The molecule has 0 aliphatic carbocycles. The minimum atomic E-state index is -0.783. The Kier molecular flexibility index (Phi) is 63.9. The van der Waals surface area contributed by atoms with Crippen LogP contribution in [0.15, 0.2) is 134 Å². The summed E-state index contributed by atoms with van der Waals surface area (Å²) in [5, 5.41) is 9.69. The third-order valence-electron chi connectivity index (χ3n) is 13.9. The van der Waals surface area contributed by atoms with Crippen molar-refractivity contribution in [3.8, 4) is 0 Å². The molecule has 0 amide bonds. The van der Waals surface area contributed by atoms with E-state index in [0.717, 1.165) is 103 Å². The van der Waals surface area contributed by atoms with Crippen molar-refractivity contribution in [3.63, 3.8) is 0 Å². The van der Waals surface area contributed by atoms with Gasteiger partial charge in [0.25, 0.3) is 0 Å². The molecule has 78 heavy (non-hydrogen) atoms. The topological polar surface area (TPSA) is 72.8 Å². The van der Waals surface area contributed by atoms with E-state index in [-0.39, 0.29) is 25.2 Å². The highest BCUT2D eigenvalue weighted by Crippen LogP contribution is 2.16. The molecule has 1 unspecified atom stereocenters. The number of aliphatic hydroxyl groups excluding tert-OH is 1. The van der Waals surface area contributed by atoms with Gasteiger partial charge in [0, 0.05) is 12.8 Å². The fourth-order valence-electron chi connectivity index (χ4n) is 9.05. The second-order valence-corrected chi connectivity index (χ2v) is 21.5. The number of allylic oxidation sites excluding steroid dienone is 22. The van der Waals surface area contributed by atoms with Gasteiger partial charge in [0.15, 0.2) is 6.10 Å². The van der Waals surface area contributed by atoms with Crippen LogP contribution in [0.2, 0.25) is 0 Å². The van der Waals surface area contributed by atoms with Gasteiger partial charge in [-0.15, -0.1) is 0 Å². The highest BCUT2D eigenvalue weighted by atomic mass is 16.6. The largest absolute Gasteiger partial charge is 0.462 e. The SMILES string of the molecule is CC/C=C\C/C=C\C/C=C\C/C=C\C/C=C\C/C=C\C/C=C\C/C=C\C/C=C\CCCCCCCCCCCCCC(=O)OC(CO)COC(=O)CCCCCCCCCCCCCCC/C=C\C/C=C\CCCCCCC. The summed E-state index contributed by atoms with van der Waals surface area (Å²) in [5.41, 5.74) is 0. The maximum atomic E-state index is 12.4. The standard InChI is InChI=1S/C73H122O5/c1-3-5-7-9-11-13-15-17-19-21-23-25-27-29-30-31-32-33-34-35-36-37-38-39-40-41-42-44-46-48-50-52-54-56-58-60-62-64-66-68-73(76)78-71(69-74)70-77-72(75)67-65-63-61-59-57-55-53-51-49-47-45-43-28-26-24-22-20-18-16-14-12-10-8-6-4-2/h5,7,11,13,16-19,22-25,29-30,32-33,35-36,38-39,41-42,71,74H,3-4,6,8-10,12,14-15,20-21,26-28,31,34,37,40,43-70H2,1-2H3/b7-5-,13-11-,18-16-,19-17-,24-22-,25-23-,30-29-,33-32-,36-35-,39-38-,42-41-.